The second-order valence-corrected chi connectivity index (χ2v) is 4.80. The third-order valence-corrected chi connectivity index (χ3v) is 3.51. The number of nitrogens with zero attached hydrogens (tertiary/aromatic N) is 2. The van der Waals surface area contributed by atoms with Crippen molar-refractivity contribution in [1.29, 1.82) is 0 Å². The Hall–Kier alpha value is -1.17. The van der Waals surface area contributed by atoms with Crippen LogP contribution < -0.4 is 10.2 Å². The lowest BCUT2D eigenvalue weighted by Crippen LogP contribution is -2.47. The molecule has 1 aromatic carbocycles. The predicted molar refractivity (Wildman–Crippen MR) is 83.2 cm³/mol. The normalized spacial score (nSPS) is 16.4. The number of anilines is 2. The highest BCUT2D eigenvalue weighted by Crippen LogP contribution is 2.19. The number of nitrogens with one attached hydrogen (secondary N) is 1. The molecule has 1 N–H and O–H groups in total. The molecule has 103 valence electrons. The van der Waals surface area contributed by atoms with Gasteiger partial charge in [-0.05, 0) is 24.3 Å². The maximum atomic E-state index is 5.12. The molecule has 1 saturated heterocycles. The fraction of sp³-hybridized carbons (Fsp3) is 0.500. The van der Waals surface area contributed by atoms with Crippen molar-refractivity contribution >= 4 is 29.1 Å². The highest BCUT2D eigenvalue weighted by atomic mass is 32.1. The van der Waals surface area contributed by atoms with E-state index >= 15 is 0 Å². The molecular weight excluding hydrogens is 258 g/mol. The second kappa shape index (κ2) is 7.43. The van der Waals surface area contributed by atoms with Gasteiger partial charge < -0.3 is 15.0 Å². The van der Waals surface area contributed by atoms with E-state index in [0.717, 1.165) is 45.0 Å². The molecule has 1 fully saturated rings. The molecule has 0 bridgehead atoms. The molecule has 0 atom stereocenters. The van der Waals surface area contributed by atoms with E-state index in [0.29, 0.717) is 0 Å². The van der Waals surface area contributed by atoms with E-state index in [4.69, 9.17) is 4.74 Å². The number of hydrogen-bond donors (Lipinski definition) is 1. The summed E-state index contributed by atoms with van der Waals surface area (Å²) < 4.78 is 5.12. The quantitative estimate of drug-likeness (QED) is 0.631. The van der Waals surface area contributed by atoms with E-state index in [1.54, 1.807) is 7.11 Å². The standard InChI is InChI=1S/C14H20N3OS/c1-18-11-10-16-6-8-17(9-7-16)14-4-2-13(3-5-14)15-12-19/h2-5H,6-11H2,1H3,(H,15,19). The van der Waals surface area contributed by atoms with Crippen LogP contribution in [-0.2, 0) is 4.74 Å². The molecule has 0 unspecified atom stereocenters. The highest BCUT2D eigenvalue weighted by molar-refractivity contribution is 7.79. The summed E-state index contributed by atoms with van der Waals surface area (Å²) >= 11 is 4.65. The second-order valence-electron chi connectivity index (χ2n) is 4.60. The molecule has 0 saturated carbocycles. The molecule has 19 heavy (non-hydrogen) atoms. The van der Waals surface area contributed by atoms with E-state index in [9.17, 15) is 0 Å². The zero-order valence-electron chi connectivity index (χ0n) is 11.3. The maximum Gasteiger partial charge on any atom is 0.138 e. The van der Waals surface area contributed by atoms with Crippen molar-refractivity contribution in [3.8, 4) is 0 Å². The Morgan fingerprint density at radius 2 is 1.89 bits per heavy atom. The van der Waals surface area contributed by atoms with Gasteiger partial charge in [0.15, 0.2) is 0 Å². The molecule has 1 aliphatic rings. The van der Waals surface area contributed by atoms with Gasteiger partial charge in [0, 0.05) is 51.2 Å². The minimum Gasteiger partial charge on any atom is -0.383 e. The molecule has 0 aliphatic carbocycles. The van der Waals surface area contributed by atoms with Crippen molar-refractivity contribution in [1.82, 2.24) is 4.90 Å². The Balaban J connectivity index is 1.85. The molecule has 1 radical (unpaired) electrons. The number of thiocarbonyl (C=S) groups is 1. The molecule has 1 heterocycles. The fourth-order valence-electron chi connectivity index (χ4n) is 2.26. The molecule has 0 spiro atoms. The van der Waals surface area contributed by atoms with Gasteiger partial charge in [0.25, 0.3) is 0 Å². The van der Waals surface area contributed by atoms with Crippen LogP contribution in [0.4, 0.5) is 11.4 Å². The minimum atomic E-state index is 0.814. The SMILES string of the molecule is COCCN1CCN(c2ccc(N[C]=S)cc2)CC1. The summed E-state index contributed by atoms with van der Waals surface area (Å²) in [5.41, 5.74) is 4.76. The minimum absolute atomic E-state index is 0.814. The van der Waals surface area contributed by atoms with Crippen LogP contribution in [0.15, 0.2) is 24.3 Å². The van der Waals surface area contributed by atoms with Crippen LogP contribution >= 0.6 is 12.2 Å². The summed E-state index contributed by atoms with van der Waals surface area (Å²) in [6.07, 6.45) is 0. The summed E-state index contributed by atoms with van der Waals surface area (Å²) in [6, 6.07) is 8.32. The molecule has 4 nitrogen and oxygen atoms in total. The molecule has 1 aliphatic heterocycles. The highest BCUT2D eigenvalue weighted by Gasteiger charge is 2.16. The average molecular weight is 278 g/mol. The van der Waals surface area contributed by atoms with Crippen molar-refractivity contribution in [3.63, 3.8) is 0 Å². The lowest BCUT2D eigenvalue weighted by molar-refractivity contribution is 0.144. The van der Waals surface area contributed by atoms with Crippen LogP contribution in [0.25, 0.3) is 0 Å². The van der Waals surface area contributed by atoms with Crippen molar-refractivity contribution in [3.05, 3.63) is 24.3 Å². The van der Waals surface area contributed by atoms with Gasteiger partial charge in [-0.25, -0.2) is 0 Å². The van der Waals surface area contributed by atoms with Crippen LogP contribution in [0.2, 0.25) is 0 Å². The first-order valence-electron chi connectivity index (χ1n) is 6.53. The van der Waals surface area contributed by atoms with Gasteiger partial charge in [0.1, 0.15) is 5.49 Å². The van der Waals surface area contributed by atoms with Crippen molar-refractivity contribution in [2.45, 2.75) is 0 Å². The number of benzene rings is 1. The molecule has 0 aromatic heterocycles. The van der Waals surface area contributed by atoms with Gasteiger partial charge in [-0.2, -0.15) is 0 Å². The molecule has 0 amide bonds. The van der Waals surface area contributed by atoms with Gasteiger partial charge in [0.05, 0.1) is 6.61 Å². The third kappa shape index (κ3) is 4.16. The van der Waals surface area contributed by atoms with E-state index < -0.39 is 0 Å². The Morgan fingerprint density at radius 1 is 1.21 bits per heavy atom. The first kappa shape index (κ1) is 14.2. The zero-order chi connectivity index (χ0) is 13.5. The van der Waals surface area contributed by atoms with Crippen LogP contribution in [0.5, 0.6) is 0 Å². The monoisotopic (exact) mass is 278 g/mol. The van der Waals surface area contributed by atoms with Gasteiger partial charge in [0.2, 0.25) is 0 Å². The van der Waals surface area contributed by atoms with E-state index in [1.165, 1.54) is 5.69 Å². The number of hydrogen-bond acceptors (Lipinski definition) is 4. The van der Waals surface area contributed by atoms with Crippen LogP contribution in [0.1, 0.15) is 0 Å². The van der Waals surface area contributed by atoms with E-state index in [2.05, 4.69) is 45.0 Å². The first-order valence-corrected chi connectivity index (χ1v) is 6.94. The van der Waals surface area contributed by atoms with E-state index in [-0.39, 0.29) is 0 Å². The molecule has 1 aromatic rings. The lowest BCUT2D eigenvalue weighted by Gasteiger charge is -2.36. The molecular formula is C14H20N3OS. The maximum absolute atomic E-state index is 5.12. The largest absolute Gasteiger partial charge is 0.383 e. The van der Waals surface area contributed by atoms with Crippen LogP contribution in [0.3, 0.4) is 0 Å². The number of rotatable bonds is 6. The van der Waals surface area contributed by atoms with E-state index in [1.807, 2.05) is 12.1 Å². The fourth-order valence-corrected chi connectivity index (χ4v) is 2.38. The van der Waals surface area contributed by atoms with Crippen LogP contribution in [-0.4, -0.2) is 56.8 Å². The summed E-state index contributed by atoms with van der Waals surface area (Å²) in [6.45, 7) is 6.16. The summed E-state index contributed by atoms with van der Waals surface area (Å²) in [5, 5.41) is 2.89. The lowest BCUT2D eigenvalue weighted by atomic mass is 10.2. The number of piperazine rings is 1. The summed E-state index contributed by atoms with van der Waals surface area (Å²) in [4.78, 5) is 4.85. The Kier molecular flexibility index (Phi) is 5.57. The average Bonchev–Trinajstić information content (AvgIpc) is 2.47. The third-order valence-electron chi connectivity index (χ3n) is 3.41. The number of methoxy groups -OCH3 is 1. The predicted octanol–water partition coefficient (Wildman–Crippen LogP) is 1.70. The number of ether oxygens (including phenoxy) is 1. The van der Waals surface area contributed by atoms with Gasteiger partial charge >= 0.3 is 0 Å². The van der Waals surface area contributed by atoms with Crippen LogP contribution in [0, 0.1) is 0 Å². The zero-order valence-corrected chi connectivity index (χ0v) is 12.1. The van der Waals surface area contributed by atoms with Crippen molar-refractivity contribution < 1.29 is 4.74 Å². The van der Waals surface area contributed by atoms with Crippen molar-refractivity contribution in [2.24, 2.45) is 0 Å². The molecule has 5 heteroatoms. The smallest absolute Gasteiger partial charge is 0.138 e. The summed E-state index contributed by atoms with van der Waals surface area (Å²) in [5.74, 6) is 0. The van der Waals surface area contributed by atoms with Crippen molar-refractivity contribution in [2.75, 3.05) is 56.7 Å². The summed E-state index contributed by atoms with van der Waals surface area (Å²) in [7, 11) is 1.75. The first-order chi connectivity index (χ1) is 9.33. The van der Waals surface area contributed by atoms with Gasteiger partial charge in [-0.1, -0.05) is 12.2 Å². The topological polar surface area (TPSA) is 27.7 Å². The Labute approximate surface area is 120 Å². The van der Waals surface area contributed by atoms with Gasteiger partial charge in [-0.3, -0.25) is 4.90 Å². The Bertz CT molecular complexity index is 388. The molecule has 2 rings (SSSR count). The Morgan fingerprint density at radius 3 is 2.47 bits per heavy atom. The van der Waals surface area contributed by atoms with Gasteiger partial charge in [-0.15, -0.1) is 0 Å².